The third kappa shape index (κ3) is 5.32. The highest BCUT2D eigenvalue weighted by Gasteiger charge is 2.25. The van der Waals surface area contributed by atoms with Crippen LogP contribution in [0.5, 0.6) is 5.75 Å². The van der Waals surface area contributed by atoms with E-state index >= 15 is 0 Å². The summed E-state index contributed by atoms with van der Waals surface area (Å²) in [6.45, 7) is 0. The second-order valence-corrected chi connectivity index (χ2v) is 7.52. The number of hydrogen-bond donors (Lipinski definition) is 1. The smallest absolute Gasteiger partial charge is 0.324 e. The predicted molar refractivity (Wildman–Crippen MR) is 94.9 cm³/mol. The van der Waals surface area contributed by atoms with Gasteiger partial charge in [0.1, 0.15) is 11.8 Å². The van der Waals surface area contributed by atoms with Crippen LogP contribution in [0, 0.1) is 11.8 Å². The van der Waals surface area contributed by atoms with Crippen LogP contribution in [-0.4, -0.2) is 34.6 Å². The first-order valence-corrected chi connectivity index (χ1v) is 9.59. The van der Waals surface area contributed by atoms with E-state index in [2.05, 4.69) is 21.3 Å². The molecule has 0 radical (unpaired) electrons. The lowest BCUT2D eigenvalue weighted by molar-refractivity contribution is -0.142. The molecule has 6 nitrogen and oxygen atoms in total. The van der Waals surface area contributed by atoms with Crippen LogP contribution in [0.3, 0.4) is 0 Å². The fourth-order valence-corrected chi connectivity index (χ4v) is 3.69. The number of hydrogen-bond acceptors (Lipinski definition) is 6. The van der Waals surface area contributed by atoms with Gasteiger partial charge in [-0.2, -0.15) is 4.72 Å². The van der Waals surface area contributed by atoms with Crippen LogP contribution >= 0.6 is 11.3 Å². The quantitative estimate of drug-likeness (QED) is 0.613. The fourth-order valence-electron chi connectivity index (χ4n) is 1.92. The SMILES string of the molecule is COC(=O)[C@H](CC#Cc1cccs1)NS(=O)(=O)c1ccc(OC)cc1. The van der Waals surface area contributed by atoms with Gasteiger partial charge in [-0.25, -0.2) is 8.42 Å². The van der Waals surface area contributed by atoms with Crippen LogP contribution in [0.15, 0.2) is 46.7 Å². The highest BCUT2D eigenvalue weighted by molar-refractivity contribution is 7.89. The number of thiophene rings is 1. The molecule has 0 saturated heterocycles. The standard InChI is InChI=1S/C17H17NO5S2/c1-22-13-8-10-15(11-9-13)25(20,21)18-16(17(19)23-2)7-3-5-14-6-4-12-24-14/h4,6,8-12,16,18H,7H2,1-2H3/t16-/m0/s1. The van der Waals surface area contributed by atoms with Crippen LogP contribution in [0.25, 0.3) is 0 Å². The van der Waals surface area contributed by atoms with Crippen LogP contribution in [0.1, 0.15) is 11.3 Å². The molecule has 1 heterocycles. The zero-order valence-corrected chi connectivity index (χ0v) is 15.3. The molecular formula is C17H17NO5S2. The number of esters is 1. The minimum absolute atomic E-state index is 0.0000417. The van der Waals surface area contributed by atoms with Crippen molar-refractivity contribution in [2.24, 2.45) is 0 Å². The van der Waals surface area contributed by atoms with E-state index in [4.69, 9.17) is 4.74 Å². The Morgan fingerprint density at radius 1 is 1.24 bits per heavy atom. The molecule has 0 bridgehead atoms. The van der Waals surface area contributed by atoms with E-state index in [1.54, 1.807) is 0 Å². The molecule has 25 heavy (non-hydrogen) atoms. The molecule has 2 aromatic rings. The van der Waals surface area contributed by atoms with Gasteiger partial charge in [0.05, 0.1) is 24.0 Å². The molecule has 0 aliphatic carbocycles. The molecule has 0 unspecified atom stereocenters. The van der Waals surface area contributed by atoms with E-state index in [1.165, 1.54) is 49.8 Å². The van der Waals surface area contributed by atoms with Gasteiger partial charge < -0.3 is 9.47 Å². The van der Waals surface area contributed by atoms with Crippen molar-refractivity contribution in [2.45, 2.75) is 17.4 Å². The van der Waals surface area contributed by atoms with Gasteiger partial charge in [0.2, 0.25) is 10.0 Å². The largest absolute Gasteiger partial charge is 0.497 e. The summed E-state index contributed by atoms with van der Waals surface area (Å²) >= 11 is 1.46. The predicted octanol–water partition coefficient (Wildman–Crippen LogP) is 2.02. The molecule has 0 fully saturated rings. The molecule has 8 heteroatoms. The third-order valence-electron chi connectivity index (χ3n) is 3.19. The molecule has 1 aromatic carbocycles. The minimum Gasteiger partial charge on any atom is -0.497 e. The number of carbonyl (C=O) groups excluding carboxylic acids is 1. The average Bonchev–Trinajstić information content (AvgIpc) is 3.13. The molecule has 1 aromatic heterocycles. The highest BCUT2D eigenvalue weighted by Crippen LogP contribution is 2.16. The van der Waals surface area contributed by atoms with E-state index in [9.17, 15) is 13.2 Å². The first-order valence-electron chi connectivity index (χ1n) is 7.23. The summed E-state index contributed by atoms with van der Waals surface area (Å²) in [6.07, 6.45) is -0.0000417. The van der Waals surface area contributed by atoms with Gasteiger partial charge in [-0.3, -0.25) is 4.79 Å². The summed E-state index contributed by atoms with van der Waals surface area (Å²) in [6, 6.07) is 8.45. The van der Waals surface area contributed by atoms with E-state index < -0.39 is 22.0 Å². The van der Waals surface area contributed by atoms with E-state index in [1.807, 2.05) is 17.5 Å². The lowest BCUT2D eigenvalue weighted by Crippen LogP contribution is -2.41. The fraction of sp³-hybridized carbons (Fsp3) is 0.235. The zero-order chi connectivity index (χ0) is 18.3. The van der Waals surface area contributed by atoms with Gasteiger partial charge in [-0.05, 0) is 35.7 Å². The van der Waals surface area contributed by atoms with Crippen molar-refractivity contribution in [3.8, 4) is 17.6 Å². The number of nitrogens with one attached hydrogen (secondary N) is 1. The molecule has 0 aliphatic heterocycles. The summed E-state index contributed by atoms with van der Waals surface area (Å²) < 4.78 is 36.9. The van der Waals surface area contributed by atoms with Crippen molar-refractivity contribution >= 4 is 27.3 Å². The van der Waals surface area contributed by atoms with Crippen molar-refractivity contribution in [1.29, 1.82) is 0 Å². The molecular weight excluding hydrogens is 362 g/mol. The van der Waals surface area contributed by atoms with Crippen molar-refractivity contribution in [3.05, 3.63) is 46.7 Å². The van der Waals surface area contributed by atoms with Crippen LogP contribution < -0.4 is 9.46 Å². The van der Waals surface area contributed by atoms with Gasteiger partial charge in [0, 0.05) is 6.42 Å². The first-order chi connectivity index (χ1) is 12.0. The number of methoxy groups -OCH3 is 2. The maximum Gasteiger partial charge on any atom is 0.324 e. The van der Waals surface area contributed by atoms with Gasteiger partial charge in [0.15, 0.2) is 0 Å². The summed E-state index contributed by atoms with van der Waals surface area (Å²) in [4.78, 5) is 12.7. The summed E-state index contributed by atoms with van der Waals surface area (Å²) in [5.74, 6) is 5.53. The van der Waals surface area contributed by atoms with E-state index in [0.717, 1.165) is 4.88 Å². The monoisotopic (exact) mass is 379 g/mol. The lowest BCUT2D eigenvalue weighted by atomic mass is 10.2. The molecule has 1 atom stereocenters. The van der Waals surface area contributed by atoms with E-state index in [0.29, 0.717) is 5.75 Å². The van der Waals surface area contributed by atoms with Crippen molar-refractivity contribution in [2.75, 3.05) is 14.2 Å². The lowest BCUT2D eigenvalue weighted by Gasteiger charge is -2.14. The van der Waals surface area contributed by atoms with E-state index in [-0.39, 0.29) is 11.3 Å². The van der Waals surface area contributed by atoms with Gasteiger partial charge in [-0.1, -0.05) is 17.9 Å². The Kier molecular flexibility index (Phi) is 6.58. The summed E-state index contributed by atoms with van der Waals surface area (Å²) in [5, 5.41) is 1.88. The second kappa shape index (κ2) is 8.67. The van der Waals surface area contributed by atoms with Gasteiger partial charge in [-0.15, -0.1) is 11.3 Å². The zero-order valence-electron chi connectivity index (χ0n) is 13.7. The Morgan fingerprint density at radius 2 is 1.96 bits per heavy atom. The molecule has 132 valence electrons. The number of rotatable bonds is 6. The molecule has 2 rings (SSSR count). The molecule has 0 spiro atoms. The number of ether oxygens (including phenoxy) is 2. The van der Waals surface area contributed by atoms with Crippen molar-refractivity contribution in [3.63, 3.8) is 0 Å². The van der Waals surface area contributed by atoms with Gasteiger partial charge in [0.25, 0.3) is 0 Å². The Bertz CT molecular complexity index is 862. The summed E-state index contributed by atoms with van der Waals surface area (Å²) in [5.41, 5.74) is 0. The minimum atomic E-state index is -3.90. The van der Waals surface area contributed by atoms with Crippen molar-refractivity contribution < 1.29 is 22.7 Å². The first kappa shape index (κ1) is 19.0. The van der Waals surface area contributed by atoms with Crippen LogP contribution in [-0.2, 0) is 19.6 Å². The van der Waals surface area contributed by atoms with Crippen LogP contribution in [0.2, 0.25) is 0 Å². The molecule has 1 N–H and O–H groups in total. The van der Waals surface area contributed by atoms with Crippen LogP contribution in [0.4, 0.5) is 0 Å². The maximum absolute atomic E-state index is 12.4. The Hall–Kier alpha value is -2.34. The maximum atomic E-state index is 12.4. The Morgan fingerprint density at radius 3 is 2.52 bits per heavy atom. The number of sulfonamides is 1. The van der Waals surface area contributed by atoms with Crippen molar-refractivity contribution in [1.82, 2.24) is 4.72 Å². The average molecular weight is 379 g/mol. The van der Waals surface area contributed by atoms with Gasteiger partial charge >= 0.3 is 5.97 Å². The molecule has 0 aliphatic rings. The Labute approximate surface area is 150 Å². The third-order valence-corrected chi connectivity index (χ3v) is 5.46. The topological polar surface area (TPSA) is 81.7 Å². The Balaban J connectivity index is 2.15. The highest BCUT2D eigenvalue weighted by atomic mass is 32.2. The second-order valence-electron chi connectivity index (χ2n) is 4.86. The summed E-state index contributed by atoms with van der Waals surface area (Å²) in [7, 11) is -1.21. The molecule has 0 saturated carbocycles. The number of carbonyl (C=O) groups is 1. The normalized spacial score (nSPS) is 11.9. The molecule has 0 amide bonds. The number of benzene rings is 1.